The van der Waals surface area contributed by atoms with Gasteiger partial charge in [-0.2, -0.15) is 13.2 Å². The summed E-state index contributed by atoms with van der Waals surface area (Å²) in [6.45, 7) is 1.92. The van der Waals surface area contributed by atoms with Gasteiger partial charge in [-0.3, -0.25) is 0 Å². The highest BCUT2D eigenvalue weighted by molar-refractivity contribution is 7.12. The van der Waals surface area contributed by atoms with Gasteiger partial charge in [0.2, 0.25) is 0 Å². The van der Waals surface area contributed by atoms with Gasteiger partial charge in [0.1, 0.15) is 28.6 Å². The summed E-state index contributed by atoms with van der Waals surface area (Å²) >= 11 is 0.660. The number of nitrogens with zero attached hydrogens (tertiary/aromatic N) is 1. The van der Waals surface area contributed by atoms with Crippen LogP contribution in [-0.4, -0.2) is 22.5 Å². The molecule has 0 aliphatic heterocycles. The highest BCUT2D eigenvalue weighted by Gasteiger charge is 2.36. The number of rotatable bonds is 6. The Kier molecular flexibility index (Phi) is 5.69. The minimum Gasteiger partial charge on any atom is -0.486 e. The van der Waals surface area contributed by atoms with Crippen LogP contribution in [0.1, 0.15) is 27.2 Å². The van der Waals surface area contributed by atoms with E-state index in [1.807, 2.05) is 0 Å². The molecule has 31 heavy (non-hydrogen) atoms. The number of aromatic amines is 1. The largest absolute Gasteiger partial charge is 0.486 e. The van der Waals surface area contributed by atoms with Crippen LogP contribution >= 0.6 is 11.3 Å². The first kappa shape index (κ1) is 20.9. The van der Waals surface area contributed by atoms with E-state index in [1.54, 1.807) is 49.4 Å². The minimum atomic E-state index is -4.46. The normalized spacial score (nSPS) is 11.6. The molecule has 0 spiro atoms. The van der Waals surface area contributed by atoms with Gasteiger partial charge in [-0.05, 0) is 30.7 Å². The number of hydrogen-bond donors (Lipinski definition) is 1. The van der Waals surface area contributed by atoms with Gasteiger partial charge in [0, 0.05) is 15.8 Å². The monoisotopic (exact) mass is 446 g/mol. The Morgan fingerprint density at radius 2 is 1.94 bits per heavy atom. The molecular formula is C22H17F3N2O3S. The van der Waals surface area contributed by atoms with Gasteiger partial charge in [-0.1, -0.05) is 30.3 Å². The van der Waals surface area contributed by atoms with Crippen molar-refractivity contribution >= 4 is 28.3 Å². The summed E-state index contributed by atoms with van der Waals surface area (Å²) in [5.41, 5.74) is 1.38. The predicted molar refractivity (Wildman–Crippen MR) is 111 cm³/mol. The summed E-state index contributed by atoms with van der Waals surface area (Å²) in [5.74, 6) is -0.111. The summed E-state index contributed by atoms with van der Waals surface area (Å²) in [4.78, 5) is 18.7. The lowest BCUT2D eigenvalue weighted by Crippen LogP contribution is -2.04. The van der Waals surface area contributed by atoms with Crippen molar-refractivity contribution in [2.75, 3.05) is 6.61 Å². The molecular weight excluding hydrogens is 429 g/mol. The number of fused-ring (bicyclic) bond motifs is 1. The highest BCUT2D eigenvalue weighted by atomic mass is 32.1. The Labute approximate surface area is 179 Å². The Morgan fingerprint density at radius 3 is 2.65 bits per heavy atom. The van der Waals surface area contributed by atoms with E-state index in [0.717, 1.165) is 0 Å². The molecule has 0 aliphatic rings. The molecule has 5 nitrogen and oxygen atoms in total. The number of nitrogens with one attached hydrogen (secondary N) is 1. The fourth-order valence-corrected chi connectivity index (χ4v) is 4.06. The Morgan fingerprint density at radius 1 is 1.16 bits per heavy atom. The van der Waals surface area contributed by atoms with Crippen LogP contribution in [0.2, 0.25) is 0 Å². The predicted octanol–water partition coefficient (Wildman–Crippen LogP) is 6.07. The van der Waals surface area contributed by atoms with Crippen LogP contribution < -0.4 is 4.74 Å². The van der Waals surface area contributed by atoms with E-state index in [4.69, 9.17) is 9.47 Å². The van der Waals surface area contributed by atoms with E-state index in [2.05, 4.69) is 9.97 Å². The minimum absolute atomic E-state index is 0.0388. The molecule has 0 radical (unpaired) electrons. The number of aromatic nitrogens is 2. The van der Waals surface area contributed by atoms with E-state index in [-0.39, 0.29) is 24.5 Å². The van der Waals surface area contributed by atoms with Crippen LogP contribution in [0.25, 0.3) is 22.2 Å². The van der Waals surface area contributed by atoms with Crippen molar-refractivity contribution in [3.63, 3.8) is 0 Å². The fourth-order valence-electron chi connectivity index (χ4n) is 3.10. The maximum atomic E-state index is 13.5. The van der Waals surface area contributed by atoms with E-state index >= 15 is 0 Å². The molecule has 0 amide bonds. The Balaban J connectivity index is 1.55. The van der Waals surface area contributed by atoms with Crippen molar-refractivity contribution in [1.29, 1.82) is 0 Å². The van der Waals surface area contributed by atoms with Crippen LogP contribution in [0, 0.1) is 0 Å². The zero-order valence-corrected chi connectivity index (χ0v) is 17.1. The number of carbonyl (C=O) groups excluding carboxylic acids is 1. The number of esters is 1. The van der Waals surface area contributed by atoms with Gasteiger partial charge >= 0.3 is 12.1 Å². The average Bonchev–Trinajstić information content (AvgIpc) is 3.37. The number of benzene rings is 1. The number of thiophene rings is 1. The van der Waals surface area contributed by atoms with Crippen LogP contribution in [0.4, 0.5) is 13.2 Å². The number of ether oxygens (including phenoxy) is 2. The number of halogens is 3. The van der Waals surface area contributed by atoms with Crippen LogP contribution in [0.15, 0.2) is 54.7 Å². The second-order valence-electron chi connectivity index (χ2n) is 6.62. The molecule has 0 bridgehead atoms. The maximum Gasteiger partial charge on any atom is 0.426 e. The lowest BCUT2D eigenvalue weighted by molar-refractivity contribution is -0.133. The standard InChI is InChI=1S/C22H17F3N2O3S/c1-2-29-21(28)18-9-14-8-15(11-26-20(14)27-18)30-12-16-10-17(13-6-4-3-5-7-13)19(31-16)22(23,24)25/h3-11H,2,12H2,1H3,(H,26,27). The number of hydrogen-bond acceptors (Lipinski definition) is 5. The number of carbonyl (C=O) groups is 1. The van der Waals surface area contributed by atoms with E-state index in [1.165, 1.54) is 12.3 Å². The van der Waals surface area contributed by atoms with Crippen molar-refractivity contribution in [2.24, 2.45) is 0 Å². The van der Waals surface area contributed by atoms with Crippen molar-refractivity contribution in [3.05, 3.63) is 70.2 Å². The number of alkyl halides is 3. The molecule has 0 saturated carbocycles. The quantitative estimate of drug-likeness (QED) is 0.365. The first-order valence-electron chi connectivity index (χ1n) is 9.39. The first-order chi connectivity index (χ1) is 14.8. The molecule has 4 aromatic rings. The van der Waals surface area contributed by atoms with Gasteiger partial charge in [0.15, 0.2) is 0 Å². The molecule has 4 rings (SSSR count). The molecule has 160 valence electrons. The SMILES string of the molecule is CCOC(=O)c1cc2cc(OCc3cc(-c4ccccc4)c(C(F)(F)F)s3)cnc2[nH]1. The van der Waals surface area contributed by atoms with E-state index in [0.29, 0.717) is 38.6 Å². The Bertz CT molecular complexity index is 1220. The zero-order valence-electron chi connectivity index (χ0n) is 16.3. The van der Waals surface area contributed by atoms with Crippen molar-refractivity contribution in [1.82, 2.24) is 9.97 Å². The van der Waals surface area contributed by atoms with E-state index in [9.17, 15) is 18.0 Å². The lowest BCUT2D eigenvalue weighted by Gasteiger charge is -2.07. The molecule has 9 heteroatoms. The van der Waals surface area contributed by atoms with Crippen molar-refractivity contribution in [3.8, 4) is 16.9 Å². The molecule has 0 saturated heterocycles. The molecule has 0 unspecified atom stereocenters. The van der Waals surface area contributed by atoms with Gasteiger partial charge < -0.3 is 14.5 Å². The number of pyridine rings is 1. The van der Waals surface area contributed by atoms with Crippen molar-refractivity contribution < 1.29 is 27.4 Å². The highest BCUT2D eigenvalue weighted by Crippen LogP contribution is 2.43. The van der Waals surface area contributed by atoms with Gasteiger partial charge in [-0.25, -0.2) is 9.78 Å². The topological polar surface area (TPSA) is 64.2 Å². The maximum absolute atomic E-state index is 13.5. The second-order valence-corrected chi connectivity index (χ2v) is 7.76. The van der Waals surface area contributed by atoms with Crippen LogP contribution in [-0.2, 0) is 17.5 Å². The summed E-state index contributed by atoms with van der Waals surface area (Å²) < 4.78 is 51.2. The first-order valence-corrected chi connectivity index (χ1v) is 10.2. The third kappa shape index (κ3) is 4.56. The lowest BCUT2D eigenvalue weighted by atomic mass is 10.1. The van der Waals surface area contributed by atoms with Gasteiger partial charge in [0.25, 0.3) is 0 Å². The van der Waals surface area contributed by atoms with Gasteiger partial charge in [-0.15, -0.1) is 11.3 Å². The zero-order chi connectivity index (χ0) is 22.0. The summed E-state index contributed by atoms with van der Waals surface area (Å²) in [5, 5.41) is 0.632. The summed E-state index contributed by atoms with van der Waals surface area (Å²) in [6.07, 6.45) is -3.01. The summed E-state index contributed by atoms with van der Waals surface area (Å²) in [6, 6.07) is 13.2. The van der Waals surface area contributed by atoms with Gasteiger partial charge in [0.05, 0.1) is 12.8 Å². The second kappa shape index (κ2) is 8.43. The summed E-state index contributed by atoms with van der Waals surface area (Å²) in [7, 11) is 0. The van der Waals surface area contributed by atoms with Crippen LogP contribution in [0.5, 0.6) is 5.75 Å². The average molecular weight is 446 g/mol. The van der Waals surface area contributed by atoms with Crippen LogP contribution in [0.3, 0.4) is 0 Å². The molecule has 1 N–H and O–H groups in total. The number of H-pyrrole nitrogens is 1. The molecule has 0 aliphatic carbocycles. The Hall–Kier alpha value is -3.33. The molecule has 3 heterocycles. The van der Waals surface area contributed by atoms with Crippen molar-refractivity contribution in [2.45, 2.75) is 19.7 Å². The van der Waals surface area contributed by atoms with E-state index < -0.39 is 17.0 Å². The third-order valence-electron chi connectivity index (χ3n) is 4.45. The fraction of sp³-hybridized carbons (Fsp3) is 0.182. The molecule has 1 aromatic carbocycles. The molecule has 0 fully saturated rings. The molecule has 0 atom stereocenters. The molecule has 3 aromatic heterocycles. The third-order valence-corrected chi connectivity index (χ3v) is 5.60. The smallest absolute Gasteiger partial charge is 0.426 e.